The Kier molecular flexibility index (Phi) is 6.20. The van der Waals surface area contributed by atoms with E-state index in [0.29, 0.717) is 5.69 Å². The van der Waals surface area contributed by atoms with Crippen LogP contribution in [0.5, 0.6) is 0 Å². The zero-order valence-electron chi connectivity index (χ0n) is 15.4. The number of amides is 1. The highest BCUT2D eigenvalue weighted by atomic mass is 16.5. The van der Waals surface area contributed by atoms with Gasteiger partial charge in [0.2, 0.25) is 0 Å². The van der Waals surface area contributed by atoms with Gasteiger partial charge in [-0.15, -0.1) is 0 Å². The number of morpholine rings is 1. The molecular weight excluding hydrogens is 328 g/mol. The van der Waals surface area contributed by atoms with E-state index in [2.05, 4.69) is 20.5 Å². The molecule has 2 heterocycles. The van der Waals surface area contributed by atoms with E-state index in [9.17, 15) is 4.79 Å². The summed E-state index contributed by atoms with van der Waals surface area (Å²) in [4.78, 5) is 19.1. The average Bonchev–Trinajstić information content (AvgIpc) is 2.67. The standard InChI is InChI=1S/C20H26N4O2/c1-15-4-3-5-18(16(15)2)23-20(25)19-7-6-17(14-22-19)21-8-9-24-10-12-26-13-11-24/h3-7,14,21H,8-13H2,1-2H3,(H,23,25). The van der Waals surface area contributed by atoms with E-state index in [1.165, 1.54) is 0 Å². The van der Waals surface area contributed by atoms with Gasteiger partial charge in [-0.25, -0.2) is 4.98 Å². The third-order valence-corrected chi connectivity index (χ3v) is 4.71. The van der Waals surface area contributed by atoms with Crippen molar-refractivity contribution in [3.8, 4) is 0 Å². The summed E-state index contributed by atoms with van der Waals surface area (Å²) in [6.07, 6.45) is 1.71. The Morgan fingerprint density at radius 3 is 2.73 bits per heavy atom. The maximum atomic E-state index is 12.4. The number of benzene rings is 1. The van der Waals surface area contributed by atoms with Gasteiger partial charge in [-0.3, -0.25) is 9.69 Å². The first-order valence-electron chi connectivity index (χ1n) is 9.01. The highest BCUT2D eigenvalue weighted by Gasteiger charge is 2.11. The maximum Gasteiger partial charge on any atom is 0.274 e. The number of anilines is 2. The van der Waals surface area contributed by atoms with Crippen LogP contribution in [0.15, 0.2) is 36.5 Å². The molecule has 26 heavy (non-hydrogen) atoms. The van der Waals surface area contributed by atoms with E-state index in [1.807, 2.05) is 38.1 Å². The van der Waals surface area contributed by atoms with E-state index in [-0.39, 0.29) is 5.91 Å². The fraction of sp³-hybridized carbons (Fsp3) is 0.400. The topological polar surface area (TPSA) is 66.5 Å². The SMILES string of the molecule is Cc1cccc(NC(=O)c2ccc(NCCN3CCOCC3)cn2)c1C. The molecule has 1 amide bonds. The average molecular weight is 354 g/mol. The molecule has 1 aromatic heterocycles. The Bertz CT molecular complexity index is 740. The van der Waals surface area contributed by atoms with Crippen molar-refractivity contribution in [2.24, 2.45) is 0 Å². The summed E-state index contributed by atoms with van der Waals surface area (Å²) in [6, 6.07) is 9.51. The lowest BCUT2D eigenvalue weighted by molar-refractivity contribution is 0.0398. The molecule has 2 aromatic rings. The molecule has 0 unspecified atom stereocenters. The molecule has 3 rings (SSSR count). The number of carbonyl (C=O) groups excluding carboxylic acids is 1. The van der Waals surface area contributed by atoms with E-state index < -0.39 is 0 Å². The number of aryl methyl sites for hydroxylation is 1. The molecule has 0 bridgehead atoms. The lowest BCUT2D eigenvalue weighted by Crippen LogP contribution is -2.39. The van der Waals surface area contributed by atoms with Crippen LogP contribution in [0.3, 0.4) is 0 Å². The number of ether oxygens (including phenoxy) is 1. The Morgan fingerprint density at radius 2 is 2.00 bits per heavy atom. The molecule has 6 nitrogen and oxygen atoms in total. The summed E-state index contributed by atoms with van der Waals surface area (Å²) in [5.74, 6) is -0.196. The molecule has 1 fully saturated rings. The van der Waals surface area contributed by atoms with Crippen LogP contribution >= 0.6 is 0 Å². The van der Waals surface area contributed by atoms with E-state index in [0.717, 1.165) is 61.9 Å². The number of carbonyl (C=O) groups is 1. The quantitative estimate of drug-likeness (QED) is 0.835. The largest absolute Gasteiger partial charge is 0.383 e. The lowest BCUT2D eigenvalue weighted by atomic mass is 10.1. The second-order valence-electron chi connectivity index (χ2n) is 6.51. The lowest BCUT2D eigenvalue weighted by Gasteiger charge is -2.26. The van der Waals surface area contributed by atoms with Gasteiger partial charge in [0.25, 0.3) is 5.91 Å². The van der Waals surface area contributed by atoms with E-state index in [1.54, 1.807) is 12.3 Å². The number of nitrogens with zero attached hydrogens (tertiary/aromatic N) is 2. The molecule has 6 heteroatoms. The molecule has 2 N–H and O–H groups in total. The predicted octanol–water partition coefficient (Wildman–Crippen LogP) is 2.69. The molecule has 0 radical (unpaired) electrons. The van der Waals surface area contributed by atoms with Crippen LogP contribution in [0.4, 0.5) is 11.4 Å². The van der Waals surface area contributed by atoms with Gasteiger partial charge in [0, 0.05) is 31.9 Å². The van der Waals surface area contributed by atoms with Gasteiger partial charge in [-0.1, -0.05) is 12.1 Å². The molecule has 0 saturated carbocycles. The Labute approximate surface area is 154 Å². The van der Waals surface area contributed by atoms with Crippen LogP contribution in [-0.4, -0.2) is 55.2 Å². The van der Waals surface area contributed by atoms with Crippen molar-refractivity contribution in [1.82, 2.24) is 9.88 Å². The maximum absolute atomic E-state index is 12.4. The Hall–Kier alpha value is -2.44. The third kappa shape index (κ3) is 4.80. The fourth-order valence-electron chi connectivity index (χ4n) is 2.89. The van der Waals surface area contributed by atoms with Crippen LogP contribution < -0.4 is 10.6 Å². The van der Waals surface area contributed by atoms with Gasteiger partial charge >= 0.3 is 0 Å². The van der Waals surface area contributed by atoms with E-state index >= 15 is 0 Å². The van der Waals surface area contributed by atoms with Crippen molar-refractivity contribution in [2.75, 3.05) is 50.0 Å². The number of aromatic nitrogens is 1. The van der Waals surface area contributed by atoms with Crippen molar-refractivity contribution >= 4 is 17.3 Å². The fourth-order valence-corrected chi connectivity index (χ4v) is 2.89. The molecular formula is C20H26N4O2. The van der Waals surface area contributed by atoms with Crippen molar-refractivity contribution in [3.63, 3.8) is 0 Å². The second kappa shape index (κ2) is 8.78. The number of nitrogens with one attached hydrogen (secondary N) is 2. The monoisotopic (exact) mass is 354 g/mol. The molecule has 1 aliphatic heterocycles. The highest BCUT2D eigenvalue weighted by Crippen LogP contribution is 2.18. The number of hydrogen-bond donors (Lipinski definition) is 2. The molecule has 0 atom stereocenters. The van der Waals surface area contributed by atoms with Crippen molar-refractivity contribution in [1.29, 1.82) is 0 Å². The van der Waals surface area contributed by atoms with Crippen molar-refractivity contribution < 1.29 is 9.53 Å². The van der Waals surface area contributed by atoms with Gasteiger partial charge < -0.3 is 15.4 Å². The normalized spacial score (nSPS) is 14.8. The number of rotatable bonds is 6. The first kappa shape index (κ1) is 18.4. The summed E-state index contributed by atoms with van der Waals surface area (Å²) in [6.45, 7) is 9.43. The minimum absolute atomic E-state index is 0.196. The van der Waals surface area contributed by atoms with Gasteiger partial charge in [0.1, 0.15) is 5.69 Å². The minimum Gasteiger partial charge on any atom is -0.383 e. The zero-order valence-corrected chi connectivity index (χ0v) is 15.4. The van der Waals surface area contributed by atoms with Crippen LogP contribution in [0.2, 0.25) is 0 Å². The molecule has 1 aromatic carbocycles. The summed E-state index contributed by atoms with van der Waals surface area (Å²) in [7, 11) is 0. The number of pyridine rings is 1. The van der Waals surface area contributed by atoms with Crippen molar-refractivity contribution in [2.45, 2.75) is 13.8 Å². The van der Waals surface area contributed by atoms with Crippen molar-refractivity contribution in [3.05, 3.63) is 53.3 Å². The van der Waals surface area contributed by atoms with Crippen LogP contribution in [-0.2, 0) is 4.74 Å². The van der Waals surface area contributed by atoms with Gasteiger partial charge in [0.05, 0.1) is 25.1 Å². The van der Waals surface area contributed by atoms with Crippen LogP contribution in [0.1, 0.15) is 21.6 Å². The van der Waals surface area contributed by atoms with Gasteiger partial charge in [-0.05, 0) is 43.2 Å². The van der Waals surface area contributed by atoms with Crippen LogP contribution in [0.25, 0.3) is 0 Å². The summed E-state index contributed by atoms with van der Waals surface area (Å²) in [5, 5.41) is 6.28. The first-order valence-corrected chi connectivity index (χ1v) is 9.01. The zero-order chi connectivity index (χ0) is 18.4. The number of hydrogen-bond acceptors (Lipinski definition) is 5. The summed E-state index contributed by atoms with van der Waals surface area (Å²) < 4.78 is 5.35. The van der Waals surface area contributed by atoms with Crippen LogP contribution in [0, 0.1) is 13.8 Å². The van der Waals surface area contributed by atoms with Gasteiger partial charge in [0.15, 0.2) is 0 Å². The smallest absolute Gasteiger partial charge is 0.274 e. The predicted molar refractivity (Wildman–Crippen MR) is 104 cm³/mol. The second-order valence-corrected chi connectivity index (χ2v) is 6.51. The van der Waals surface area contributed by atoms with Gasteiger partial charge in [-0.2, -0.15) is 0 Å². The third-order valence-electron chi connectivity index (χ3n) is 4.71. The molecule has 1 saturated heterocycles. The molecule has 138 valence electrons. The highest BCUT2D eigenvalue weighted by molar-refractivity contribution is 6.03. The Morgan fingerprint density at radius 1 is 1.19 bits per heavy atom. The minimum atomic E-state index is -0.196. The van der Waals surface area contributed by atoms with E-state index in [4.69, 9.17) is 4.74 Å². The summed E-state index contributed by atoms with van der Waals surface area (Å²) in [5.41, 5.74) is 4.37. The molecule has 0 aliphatic carbocycles. The first-order chi connectivity index (χ1) is 12.6. The Balaban J connectivity index is 1.51. The summed E-state index contributed by atoms with van der Waals surface area (Å²) >= 11 is 0. The molecule has 1 aliphatic rings. The molecule has 0 spiro atoms.